The van der Waals surface area contributed by atoms with E-state index < -0.39 is 10.7 Å². The molecule has 0 bridgehead atoms. The van der Waals surface area contributed by atoms with Gasteiger partial charge in [-0.1, -0.05) is 30.3 Å². The molecule has 0 saturated carbocycles. The molecule has 0 fully saturated rings. The second-order valence-corrected chi connectivity index (χ2v) is 5.00. The van der Waals surface area contributed by atoms with Crippen LogP contribution in [0, 0.1) is 0 Å². The number of nitrogens with one attached hydrogen (secondary N) is 1. The van der Waals surface area contributed by atoms with E-state index in [0.717, 1.165) is 18.7 Å². The number of anilines is 1. The van der Waals surface area contributed by atoms with Crippen LogP contribution in [0.5, 0.6) is 0 Å². The van der Waals surface area contributed by atoms with Gasteiger partial charge in [-0.3, -0.25) is 0 Å². The molecule has 4 heteroatoms. The summed E-state index contributed by atoms with van der Waals surface area (Å²) in [6.07, 6.45) is 0.943. The van der Waals surface area contributed by atoms with Crippen LogP contribution in [0.2, 0.25) is 0 Å². The first-order chi connectivity index (χ1) is 8.75. The SMILES string of the molecule is O=[SH](=O)c1ccc(NCCc2ccccc2)cc1. The van der Waals surface area contributed by atoms with Crippen molar-refractivity contribution in [3.8, 4) is 0 Å². The van der Waals surface area contributed by atoms with E-state index in [0.29, 0.717) is 4.90 Å². The minimum absolute atomic E-state index is 0.346. The molecule has 0 aliphatic rings. The van der Waals surface area contributed by atoms with Crippen LogP contribution in [-0.4, -0.2) is 15.0 Å². The molecule has 0 aromatic heterocycles. The second-order valence-electron chi connectivity index (χ2n) is 3.97. The zero-order valence-corrected chi connectivity index (χ0v) is 10.8. The lowest BCUT2D eigenvalue weighted by atomic mass is 10.1. The monoisotopic (exact) mass is 261 g/mol. The summed E-state index contributed by atoms with van der Waals surface area (Å²) >= 11 is 0. The van der Waals surface area contributed by atoms with Crippen LogP contribution in [0.4, 0.5) is 5.69 Å². The van der Waals surface area contributed by atoms with Gasteiger partial charge < -0.3 is 5.32 Å². The van der Waals surface area contributed by atoms with Crippen molar-refractivity contribution in [1.29, 1.82) is 0 Å². The van der Waals surface area contributed by atoms with Gasteiger partial charge in [0.25, 0.3) is 0 Å². The molecule has 0 spiro atoms. The maximum Gasteiger partial charge on any atom is 0.168 e. The quantitative estimate of drug-likeness (QED) is 0.812. The Bertz CT molecular complexity index is 554. The van der Waals surface area contributed by atoms with Gasteiger partial charge in [0, 0.05) is 12.2 Å². The van der Waals surface area contributed by atoms with Gasteiger partial charge >= 0.3 is 0 Å². The molecule has 0 saturated heterocycles. The topological polar surface area (TPSA) is 46.2 Å². The van der Waals surface area contributed by atoms with E-state index in [1.54, 1.807) is 24.3 Å². The Morgan fingerprint density at radius 3 is 2.17 bits per heavy atom. The largest absolute Gasteiger partial charge is 0.385 e. The van der Waals surface area contributed by atoms with Crippen LogP contribution in [0.15, 0.2) is 59.5 Å². The molecule has 0 aliphatic heterocycles. The van der Waals surface area contributed by atoms with E-state index in [2.05, 4.69) is 17.4 Å². The van der Waals surface area contributed by atoms with Crippen LogP contribution in [0.3, 0.4) is 0 Å². The zero-order valence-electron chi connectivity index (χ0n) is 9.87. The molecular weight excluding hydrogens is 246 g/mol. The fourth-order valence-electron chi connectivity index (χ4n) is 1.70. The van der Waals surface area contributed by atoms with E-state index in [1.807, 2.05) is 18.2 Å². The van der Waals surface area contributed by atoms with Crippen molar-refractivity contribution in [2.45, 2.75) is 11.3 Å². The smallest absolute Gasteiger partial charge is 0.168 e. The predicted octanol–water partition coefficient (Wildman–Crippen LogP) is 2.31. The number of rotatable bonds is 5. The molecule has 1 N–H and O–H groups in total. The zero-order chi connectivity index (χ0) is 12.8. The van der Waals surface area contributed by atoms with Gasteiger partial charge in [-0.05, 0) is 36.2 Å². The third-order valence-electron chi connectivity index (χ3n) is 2.66. The van der Waals surface area contributed by atoms with E-state index in [1.165, 1.54) is 5.56 Å². The van der Waals surface area contributed by atoms with Gasteiger partial charge in [0.1, 0.15) is 0 Å². The highest BCUT2D eigenvalue weighted by Gasteiger charge is 1.96. The lowest BCUT2D eigenvalue weighted by molar-refractivity contribution is 0.614. The number of thiol groups is 1. The molecular formula is C14H15NO2S. The molecule has 3 nitrogen and oxygen atoms in total. The molecule has 18 heavy (non-hydrogen) atoms. The van der Waals surface area contributed by atoms with Crippen molar-refractivity contribution in [1.82, 2.24) is 0 Å². The Labute approximate surface area is 108 Å². The highest BCUT2D eigenvalue weighted by atomic mass is 32.2. The Hall–Kier alpha value is -1.81. The number of hydrogen-bond acceptors (Lipinski definition) is 3. The maximum absolute atomic E-state index is 10.7. The molecule has 0 radical (unpaired) electrons. The van der Waals surface area contributed by atoms with Crippen molar-refractivity contribution < 1.29 is 8.42 Å². The third-order valence-corrected chi connectivity index (χ3v) is 3.38. The van der Waals surface area contributed by atoms with Gasteiger partial charge in [0.2, 0.25) is 0 Å². The van der Waals surface area contributed by atoms with Gasteiger partial charge in [-0.25, -0.2) is 8.42 Å². The van der Waals surface area contributed by atoms with Gasteiger partial charge in [0.15, 0.2) is 10.7 Å². The summed E-state index contributed by atoms with van der Waals surface area (Å²) in [6, 6.07) is 17.0. The lowest BCUT2D eigenvalue weighted by Crippen LogP contribution is -2.04. The first kappa shape index (κ1) is 12.6. The summed E-state index contributed by atoms with van der Waals surface area (Å²) in [5.41, 5.74) is 2.22. The standard InChI is InChI=1S/C14H15NO2S/c16-18(17)14-8-6-13(7-9-14)15-11-10-12-4-2-1-3-5-12/h1-9,15,18H,10-11H2. The number of benzene rings is 2. The van der Waals surface area contributed by atoms with Crippen LogP contribution >= 0.6 is 0 Å². The minimum atomic E-state index is -2.48. The van der Waals surface area contributed by atoms with Gasteiger partial charge in [0.05, 0.1) is 4.90 Å². The van der Waals surface area contributed by atoms with Crippen molar-refractivity contribution >= 4 is 16.4 Å². The summed E-state index contributed by atoms with van der Waals surface area (Å²) in [4.78, 5) is 0.346. The van der Waals surface area contributed by atoms with Crippen molar-refractivity contribution in [3.05, 3.63) is 60.2 Å². The van der Waals surface area contributed by atoms with E-state index in [-0.39, 0.29) is 0 Å². The maximum atomic E-state index is 10.7. The molecule has 0 aliphatic carbocycles. The first-order valence-corrected chi connectivity index (χ1v) is 6.96. The average molecular weight is 261 g/mol. The highest BCUT2D eigenvalue weighted by Crippen LogP contribution is 2.10. The molecule has 0 unspecified atom stereocenters. The predicted molar refractivity (Wildman–Crippen MR) is 73.7 cm³/mol. The van der Waals surface area contributed by atoms with E-state index in [9.17, 15) is 8.42 Å². The molecule has 0 atom stereocenters. The summed E-state index contributed by atoms with van der Waals surface area (Å²) in [5.74, 6) is 0. The van der Waals surface area contributed by atoms with Crippen LogP contribution in [0.25, 0.3) is 0 Å². The fraction of sp³-hybridized carbons (Fsp3) is 0.143. The molecule has 0 amide bonds. The van der Waals surface area contributed by atoms with Crippen LogP contribution < -0.4 is 5.32 Å². The lowest BCUT2D eigenvalue weighted by Gasteiger charge is -2.06. The first-order valence-electron chi connectivity index (χ1n) is 5.78. The summed E-state index contributed by atoms with van der Waals surface area (Å²) in [6.45, 7) is 0.826. The van der Waals surface area contributed by atoms with E-state index >= 15 is 0 Å². The Morgan fingerprint density at radius 1 is 0.889 bits per heavy atom. The summed E-state index contributed by atoms with van der Waals surface area (Å²) < 4.78 is 21.5. The van der Waals surface area contributed by atoms with Gasteiger partial charge in [-0.15, -0.1) is 0 Å². The van der Waals surface area contributed by atoms with Crippen molar-refractivity contribution in [3.63, 3.8) is 0 Å². The van der Waals surface area contributed by atoms with Crippen molar-refractivity contribution in [2.75, 3.05) is 11.9 Å². The third kappa shape index (κ3) is 3.60. The van der Waals surface area contributed by atoms with E-state index in [4.69, 9.17) is 0 Å². The molecule has 2 aromatic rings. The summed E-state index contributed by atoms with van der Waals surface area (Å²) in [7, 11) is -2.48. The Morgan fingerprint density at radius 2 is 1.56 bits per heavy atom. The molecule has 2 aromatic carbocycles. The Kier molecular flexibility index (Phi) is 4.36. The summed E-state index contributed by atoms with van der Waals surface area (Å²) in [5, 5.41) is 3.26. The van der Waals surface area contributed by atoms with Crippen LogP contribution in [0.1, 0.15) is 5.56 Å². The normalized spacial score (nSPS) is 10.5. The Balaban J connectivity index is 1.87. The number of hydrogen-bond donors (Lipinski definition) is 2. The minimum Gasteiger partial charge on any atom is -0.385 e. The van der Waals surface area contributed by atoms with Crippen molar-refractivity contribution in [2.24, 2.45) is 0 Å². The molecule has 94 valence electrons. The second kappa shape index (κ2) is 6.21. The fourth-order valence-corrected chi connectivity index (χ4v) is 2.09. The molecule has 0 heterocycles. The molecule has 2 rings (SSSR count). The average Bonchev–Trinajstić information content (AvgIpc) is 2.40. The van der Waals surface area contributed by atoms with Crippen LogP contribution in [-0.2, 0) is 17.1 Å². The van der Waals surface area contributed by atoms with Gasteiger partial charge in [-0.2, -0.15) is 0 Å². The highest BCUT2D eigenvalue weighted by molar-refractivity contribution is 7.72.